The van der Waals surface area contributed by atoms with Crippen LogP contribution in [0.4, 0.5) is 0 Å². The van der Waals surface area contributed by atoms with Crippen molar-refractivity contribution in [2.75, 3.05) is 0 Å². The molecule has 5 heteroatoms. The summed E-state index contributed by atoms with van der Waals surface area (Å²) in [5.41, 5.74) is 0.602. The molecule has 1 aromatic heterocycles. The minimum atomic E-state index is 0.483. The molecule has 54 valence electrons. The minimum absolute atomic E-state index is 0.483. The standard InChI is InChI=1S/C5H8N4O/c1-5(8-10)2-9-4-6-3-7-9/h3-4,10H,2H2,1H3. The summed E-state index contributed by atoms with van der Waals surface area (Å²) in [7, 11) is 0. The molecule has 0 radical (unpaired) electrons. The monoisotopic (exact) mass is 140 g/mol. The second-order valence-corrected chi connectivity index (χ2v) is 1.93. The Balaban J connectivity index is 2.56. The Bertz CT molecular complexity index is 216. The third kappa shape index (κ3) is 1.54. The highest BCUT2D eigenvalue weighted by molar-refractivity contribution is 5.80. The molecule has 1 N–H and O–H groups in total. The summed E-state index contributed by atoms with van der Waals surface area (Å²) in [4.78, 5) is 3.72. The van der Waals surface area contributed by atoms with Crippen LogP contribution in [0.1, 0.15) is 6.92 Å². The molecule has 0 unspecified atom stereocenters. The molecular formula is C5H8N4O. The van der Waals surface area contributed by atoms with E-state index in [0.29, 0.717) is 12.3 Å². The van der Waals surface area contributed by atoms with Gasteiger partial charge in [0.2, 0.25) is 0 Å². The Kier molecular flexibility index (Phi) is 1.99. The number of hydrogen-bond donors (Lipinski definition) is 1. The average Bonchev–Trinajstić information content (AvgIpc) is 2.40. The van der Waals surface area contributed by atoms with Gasteiger partial charge in [-0.15, -0.1) is 0 Å². The first-order chi connectivity index (χ1) is 4.83. The highest BCUT2D eigenvalue weighted by Crippen LogP contribution is 1.82. The van der Waals surface area contributed by atoms with Gasteiger partial charge >= 0.3 is 0 Å². The molecule has 5 nitrogen and oxygen atoms in total. The van der Waals surface area contributed by atoms with E-state index in [1.54, 1.807) is 17.9 Å². The van der Waals surface area contributed by atoms with Crippen LogP contribution < -0.4 is 0 Å². The van der Waals surface area contributed by atoms with Gasteiger partial charge in [-0.2, -0.15) is 5.10 Å². The van der Waals surface area contributed by atoms with Gasteiger partial charge in [-0.3, -0.25) is 0 Å². The van der Waals surface area contributed by atoms with Gasteiger partial charge in [0, 0.05) is 0 Å². The van der Waals surface area contributed by atoms with Crippen molar-refractivity contribution in [3.63, 3.8) is 0 Å². The van der Waals surface area contributed by atoms with Crippen molar-refractivity contribution >= 4 is 5.71 Å². The van der Waals surface area contributed by atoms with E-state index in [1.165, 1.54) is 6.33 Å². The molecule has 0 aliphatic carbocycles. The van der Waals surface area contributed by atoms with Crippen LogP contribution >= 0.6 is 0 Å². The summed E-state index contributed by atoms with van der Waals surface area (Å²) in [6.45, 7) is 2.19. The van der Waals surface area contributed by atoms with Crippen LogP contribution in [0.15, 0.2) is 17.8 Å². The summed E-state index contributed by atoms with van der Waals surface area (Å²) < 4.78 is 1.58. The largest absolute Gasteiger partial charge is 0.411 e. The fourth-order valence-electron chi connectivity index (χ4n) is 0.580. The lowest BCUT2D eigenvalue weighted by Gasteiger charge is -1.95. The highest BCUT2D eigenvalue weighted by atomic mass is 16.4. The Labute approximate surface area is 58.0 Å². The topological polar surface area (TPSA) is 63.3 Å². The highest BCUT2D eigenvalue weighted by Gasteiger charge is 1.92. The van der Waals surface area contributed by atoms with Crippen molar-refractivity contribution in [1.82, 2.24) is 14.8 Å². The third-order valence-corrected chi connectivity index (χ3v) is 1.03. The second-order valence-electron chi connectivity index (χ2n) is 1.93. The van der Waals surface area contributed by atoms with Crippen LogP contribution in [0, 0.1) is 0 Å². The summed E-state index contributed by atoms with van der Waals surface area (Å²) in [6, 6.07) is 0. The Hall–Kier alpha value is -1.39. The van der Waals surface area contributed by atoms with Gasteiger partial charge in [-0.1, -0.05) is 5.16 Å². The van der Waals surface area contributed by atoms with Crippen molar-refractivity contribution in [2.24, 2.45) is 5.16 Å². The minimum Gasteiger partial charge on any atom is -0.411 e. The van der Waals surface area contributed by atoms with Crippen molar-refractivity contribution < 1.29 is 5.21 Å². The first-order valence-corrected chi connectivity index (χ1v) is 2.83. The molecule has 0 aliphatic heterocycles. The maximum absolute atomic E-state index is 8.26. The molecule has 0 amide bonds. The van der Waals surface area contributed by atoms with Crippen LogP contribution in [0.25, 0.3) is 0 Å². The van der Waals surface area contributed by atoms with Crippen molar-refractivity contribution in [2.45, 2.75) is 13.5 Å². The van der Waals surface area contributed by atoms with Crippen LogP contribution in [-0.2, 0) is 6.54 Å². The van der Waals surface area contributed by atoms with E-state index >= 15 is 0 Å². The molecular weight excluding hydrogens is 132 g/mol. The van der Waals surface area contributed by atoms with E-state index in [9.17, 15) is 0 Å². The normalized spacial score (nSPS) is 11.9. The SMILES string of the molecule is CC(Cn1cncn1)=NO. The van der Waals surface area contributed by atoms with Gasteiger partial charge < -0.3 is 5.21 Å². The van der Waals surface area contributed by atoms with Crippen LogP contribution in [0.5, 0.6) is 0 Å². The predicted molar refractivity (Wildman–Crippen MR) is 34.9 cm³/mol. The quantitative estimate of drug-likeness (QED) is 0.360. The fraction of sp³-hybridized carbons (Fsp3) is 0.400. The Morgan fingerprint density at radius 2 is 2.60 bits per heavy atom. The zero-order chi connectivity index (χ0) is 7.40. The zero-order valence-corrected chi connectivity index (χ0v) is 5.60. The maximum Gasteiger partial charge on any atom is 0.137 e. The van der Waals surface area contributed by atoms with Gasteiger partial charge in [0.1, 0.15) is 12.7 Å². The summed E-state index contributed by atoms with van der Waals surface area (Å²) in [5, 5.41) is 15.1. The molecule has 0 atom stereocenters. The number of aromatic nitrogens is 3. The van der Waals surface area contributed by atoms with Crippen LogP contribution in [0.2, 0.25) is 0 Å². The van der Waals surface area contributed by atoms with Gasteiger partial charge in [0.25, 0.3) is 0 Å². The summed E-state index contributed by atoms with van der Waals surface area (Å²) >= 11 is 0. The lowest BCUT2D eigenvalue weighted by atomic mass is 10.4. The number of rotatable bonds is 2. The Morgan fingerprint density at radius 3 is 3.10 bits per heavy atom. The van der Waals surface area contributed by atoms with E-state index in [-0.39, 0.29) is 0 Å². The van der Waals surface area contributed by atoms with Crippen LogP contribution in [0.3, 0.4) is 0 Å². The number of oxime groups is 1. The second kappa shape index (κ2) is 2.95. The molecule has 0 saturated carbocycles. The molecule has 0 aromatic carbocycles. The first kappa shape index (κ1) is 6.73. The molecule has 0 aliphatic rings. The smallest absolute Gasteiger partial charge is 0.137 e. The molecule has 1 aromatic rings. The molecule has 1 heterocycles. The van der Waals surface area contributed by atoms with Crippen molar-refractivity contribution in [3.05, 3.63) is 12.7 Å². The summed E-state index contributed by atoms with van der Waals surface area (Å²) in [6.07, 6.45) is 3.00. The van der Waals surface area contributed by atoms with E-state index in [0.717, 1.165) is 0 Å². The molecule has 0 bridgehead atoms. The van der Waals surface area contributed by atoms with Crippen molar-refractivity contribution in [3.8, 4) is 0 Å². The van der Waals surface area contributed by atoms with E-state index < -0.39 is 0 Å². The number of hydrogen-bond acceptors (Lipinski definition) is 4. The fourth-order valence-corrected chi connectivity index (χ4v) is 0.580. The predicted octanol–water partition coefficient (Wildman–Crippen LogP) is 0.128. The molecule has 10 heavy (non-hydrogen) atoms. The molecule has 0 fully saturated rings. The lowest BCUT2D eigenvalue weighted by Crippen LogP contribution is -2.06. The van der Waals surface area contributed by atoms with Gasteiger partial charge in [-0.25, -0.2) is 9.67 Å². The lowest BCUT2D eigenvalue weighted by molar-refractivity contribution is 0.316. The zero-order valence-electron chi connectivity index (χ0n) is 5.60. The molecule has 0 saturated heterocycles. The van der Waals surface area contributed by atoms with Gasteiger partial charge in [-0.05, 0) is 6.92 Å². The van der Waals surface area contributed by atoms with Gasteiger partial charge in [0.05, 0.1) is 12.3 Å². The average molecular weight is 140 g/mol. The first-order valence-electron chi connectivity index (χ1n) is 2.83. The van der Waals surface area contributed by atoms with E-state index in [4.69, 9.17) is 5.21 Å². The van der Waals surface area contributed by atoms with Crippen molar-refractivity contribution in [1.29, 1.82) is 0 Å². The van der Waals surface area contributed by atoms with E-state index in [1.807, 2.05) is 0 Å². The summed E-state index contributed by atoms with van der Waals surface area (Å²) in [5.74, 6) is 0. The maximum atomic E-state index is 8.26. The molecule has 0 spiro atoms. The van der Waals surface area contributed by atoms with E-state index in [2.05, 4.69) is 15.2 Å². The van der Waals surface area contributed by atoms with Gasteiger partial charge in [0.15, 0.2) is 0 Å². The molecule has 1 rings (SSSR count). The third-order valence-electron chi connectivity index (χ3n) is 1.03. The Morgan fingerprint density at radius 1 is 1.80 bits per heavy atom. The number of nitrogens with zero attached hydrogens (tertiary/aromatic N) is 4. The van der Waals surface area contributed by atoms with Crippen LogP contribution in [-0.4, -0.2) is 25.7 Å².